The third-order valence-corrected chi connectivity index (χ3v) is 4.39. The Morgan fingerprint density at radius 1 is 1.50 bits per heavy atom. The van der Waals surface area contributed by atoms with E-state index in [1.165, 1.54) is 23.4 Å². The molecule has 3 nitrogen and oxygen atoms in total. The summed E-state index contributed by atoms with van der Waals surface area (Å²) in [6, 6.07) is 2.73. The van der Waals surface area contributed by atoms with Gasteiger partial charge in [0.2, 0.25) is 0 Å². The van der Waals surface area contributed by atoms with Crippen molar-refractivity contribution in [3.05, 3.63) is 28.5 Å². The second kappa shape index (κ2) is 4.86. The first-order valence-corrected chi connectivity index (χ1v) is 7.36. The molecule has 0 saturated heterocycles. The van der Waals surface area contributed by atoms with E-state index in [-0.39, 0.29) is 0 Å². The number of nitrogens with zero attached hydrogens (tertiary/aromatic N) is 1. The second-order valence-corrected chi connectivity index (χ2v) is 5.91. The number of aromatic nitrogens is 1. The molecule has 1 aliphatic rings. The molecule has 2 aromatic heterocycles. The van der Waals surface area contributed by atoms with Crippen molar-refractivity contribution >= 4 is 11.3 Å². The molecule has 3 rings (SSSR count). The zero-order chi connectivity index (χ0) is 12.5. The van der Waals surface area contributed by atoms with Crippen LogP contribution < -0.4 is 5.32 Å². The lowest BCUT2D eigenvalue weighted by atomic mass is 10.2. The molecule has 1 saturated carbocycles. The molecular formula is C14H18N2OS. The summed E-state index contributed by atoms with van der Waals surface area (Å²) >= 11 is 1.76. The van der Waals surface area contributed by atoms with Gasteiger partial charge in [-0.05, 0) is 37.8 Å². The van der Waals surface area contributed by atoms with Crippen LogP contribution in [0, 0.1) is 6.92 Å². The highest BCUT2D eigenvalue weighted by Gasteiger charge is 2.22. The molecule has 4 heteroatoms. The van der Waals surface area contributed by atoms with Crippen LogP contribution in [0.4, 0.5) is 0 Å². The number of hydrogen-bond donors (Lipinski definition) is 1. The van der Waals surface area contributed by atoms with Crippen LogP contribution in [0.5, 0.6) is 0 Å². The summed E-state index contributed by atoms with van der Waals surface area (Å²) in [5.41, 5.74) is 2.37. The predicted octanol–water partition coefficient (Wildman–Crippen LogP) is 3.53. The molecule has 96 valence electrons. The van der Waals surface area contributed by atoms with Gasteiger partial charge in [0.15, 0.2) is 10.8 Å². The number of nitrogens with one attached hydrogen (secondary N) is 1. The van der Waals surface area contributed by atoms with Crippen molar-refractivity contribution in [2.45, 2.75) is 45.7 Å². The van der Waals surface area contributed by atoms with Gasteiger partial charge in [-0.15, -0.1) is 11.3 Å². The Labute approximate surface area is 111 Å². The topological polar surface area (TPSA) is 38.1 Å². The SMILES string of the molecule is CCc1nc(-c2occc2C)sc1CNC1CC1. The highest BCUT2D eigenvalue weighted by Crippen LogP contribution is 2.31. The first-order valence-electron chi connectivity index (χ1n) is 6.54. The van der Waals surface area contributed by atoms with Gasteiger partial charge < -0.3 is 9.73 Å². The molecule has 0 aliphatic heterocycles. The number of furan rings is 1. The van der Waals surface area contributed by atoms with Crippen molar-refractivity contribution in [3.8, 4) is 10.8 Å². The normalized spacial score (nSPS) is 15.2. The van der Waals surface area contributed by atoms with Crippen molar-refractivity contribution in [2.24, 2.45) is 0 Å². The predicted molar refractivity (Wildman–Crippen MR) is 73.8 cm³/mol. The van der Waals surface area contributed by atoms with Crippen molar-refractivity contribution in [1.82, 2.24) is 10.3 Å². The molecule has 0 bridgehead atoms. The fourth-order valence-electron chi connectivity index (χ4n) is 2.01. The van der Waals surface area contributed by atoms with E-state index in [1.807, 2.05) is 6.07 Å². The van der Waals surface area contributed by atoms with Gasteiger partial charge in [0, 0.05) is 17.5 Å². The van der Waals surface area contributed by atoms with E-state index in [4.69, 9.17) is 9.40 Å². The van der Waals surface area contributed by atoms with Gasteiger partial charge in [0.05, 0.1) is 12.0 Å². The summed E-state index contributed by atoms with van der Waals surface area (Å²) in [5.74, 6) is 0.923. The van der Waals surface area contributed by atoms with Gasteiger partial charge in [0.1, 0.15) is 0 Å². The van der Waals surface area contributed by atoms with Gasteiger partial charge in [-0.3, -0.25) is 0 Å². The Balaban J connectivity index is 1.84. The van der Waals surface area contributed by atoms with E-state index >= 15 is 0 Å². The van der Waals surface area contributed by atoms with Gasteiger partial charge in [0.25, 0.3) is 0 Å². The van der Waals surface area contributed by atoms with Crippen LogP contribution >= 0.6 is 11.3 Å². The molecule has 2 aromatic rings. The maximum absolute atomic E-state index is 5.53. The van der Waals surface area contributed by atoms with Crippen molar-refractivity contribution in [1.29, 1.82) is 0 Å². The Morgan fingerprint density at radius 2 is 2.33 bits per heavy atom. The van der Waals surface area contributed by atoms with Crippen LogP contribution in [0.3, 0.4) is 0 Å². The van der Waals surface area contributed by atoms with Crippen molar-refractivity contribution in [2.75, 3.05) is 0 Å². The fourth-order valence-corrected chi connectivity index (χ4v) is 3.17. The first kappa shape index (κ1) is 11.9. The Hall–Kier alpha value is -1.13. The number of aryl methyl sites for hydroxylation is 2. The molecule has 0 spiro atoms. The van der Waals surface area contributed by atoms with Gasteiger partial charge >= 0.3 is 0 Å². The minimum Gasteiger partial charge on any atom is -0.462 e. The van der Waals surface area contributed by atoms with Crippen LogP contribution in [0.25, 0.3) is 10.8 Å². The van der Waals surface area contributed by atoms with Crippen LogP contribution in [-0.2, 0) is 13.0 Å². The average molecular weight is 262 g/mol. The molecule has 2 heterocycles. The molecule has 0 unspecified atom stereocenters. The zero-order valence-corrected chi connectivity index (χ0v) is 11.6. The van der Waals surface area contributed by atoms with Crippen LogP contribution in [-0.4, -0.2) is 11.0 Å². The minimum absolute atomic E-state index is 0.741. The monoisotopic (exact) mass is 262 g/mol. The van der Waals surface area contributed by atoms with Gasteiger partial charge in [-0.25, -0.2) is 4.98 Å². The maximum atomic E-state index is 5.53. The van der Waals surface area contributed by atoms with Crippen LogP contribution in [0.15, 0.2) is 16.7 Å². The van der Waals surface area contributed by atoms with E-state index in [0.29, 0.717) is 0 Å². The fraction of sp³-hybridized carbons (Fsp3) is 0.500. The molecule has 18 heavy (non-hydrogen) atoms. The number of rotatable bonds is 5. The minimum atomic E-state index is 0.741. The molecule has 0 amide bonds. The summed E-state index contributed by atoms with van der Waals surface area (Å²) in [5, 5.41) is 4.58. The highest BCUT2D eigenvalue weighted by molar-refractivity contribution is 7.15. The smallest absolute Gasteiger partial charge is 0.165 e. The summed E-state index contributed by atoms with van der Waals surface area (Å²) in [4.78, 5) is 6.07. The molecule has 0 radical (unpaired) electrons. The molecule has 1 N–H and O–H groups in total. The maximum Gasteiger partial charge on any atom is 0.165 e. The average Bonchev–Trinajstić information content (AvgIpc) is 2.96. The second-order valence-electron chi connectivity index (χ2n) is 4.83. The molecule has 1 aliphatic carbocycles. The van der Waals surface area contributed by atoms with Crippen molar-refractivity contribution < 1.29 is 4.42 Å². The number of thiazole rings is 1. The van der Waals surface area contributed by atoms with E-state index in [1.54, 1.807) is 17.6 Å². The summed E-state index contributed by atoms with van der Waals surface area (Å²) in [7, 11) is 0. The Bertz CT molecular complexity index is 540. The molecule has 1 fully saturated rings. The highest BCUT2D eigenvalue weighted by atomic mass is 32.1. The van der Waals surface area contributed by atoms with Gasteiger partial charge in [-0.1, -0.05) is 6.92 Å². The third kappa shape index (κ3) is 2.35. The van der Waals surface area contributed by atoms with E-state index < -0.39 is 0 Å². The molecular weight excluding hydrogens is 244 g/mol. The summed E-state index contributed by atoms with van der Waals surface area (Å²) in [6.07, 6.45) is 5.37. The van der Waals surface area contributed by atoms with Crippen molar-refractivity contribution in [3.63, 3.8) is 0 Å². The standard InChI is InChI=1S/C14H18N2OS/c1-3-11-12(8-15-10-4-5-10)18-14(16-11)13-9(2)6-7-17-13/h6-7,10,15H,3-5,8H2,1-2H3. The van der Waals surface area contributed by atoms with Crippen LogP contribution in [0.1, 0.15) is 35.9 Å². The lowest BCUT2D eigenvalue weighted by Crippen LogP contribution is -2.15. The van der Waals surface area contributed by atoms with E-state index in [9.17, 15) is 0 Å². The Morgan fingerprint density at radius 3 is 2.94 bits per heavy atom. The zero-order valence-electron chi connectivity index (χ0n) is 10.8. The van der Waals surface area contributed by atoms with E-state index in [2.05, 4.69) is 19.2 Å². The van der Waals surface area contributed by atoms with E-state index in [0.717, 1.165) is 35.3 Å². The lowest BCUT2D eigenvalue weighted by molar-refractivity contribution is 0.580. The first-order chi connectivity index (χ1) is 8.78. The quantitative estimate of drug-likeness (QED) is 0.896. The Kier molecular flexibility index (Phi) is 3.22. The largest absolute Gasteiger partial charge is 0.462 e. The molecule has 0 atom stereocenters. The van der Waals surface area contributed by atoms with Crippen LogP contribution in [0.2, 0.25) is 0 Å². The summed E-state index contributed by atoms with van der Waals surface area (Å²) < 4.78 is 5.53. The summed E-state index contributed by atoms with van der Waals surface area (Å²) in [6.45, 7) is 5.17. The molecule has 0 aromatic carbocycles. The third-order valence-electron chi connectivity index (χ3n) is 3.30. The lowest BCUT2D eigenvalue weighted by Gasteiger charge is -2.00. The van der Waals surface area contributed by atoms with Gasteiger partial charge in [-0.2, -0.15) is 0 Å². The number of hydrogen-bond acceptors (Lipinski definition) is 4.